The number of carbonyl (C=O) groups is 1. The van der Waals surface area contributed by atoms with Crippen LogP contribution in [-0.2, 0) is 16.8 Å². The molecule has 0 aliphatic heterocycles. The van der Waals surface area contributed by atoms with E-state index in [4.69, 9.17) is 9.47 Å². The van der Waals surface area contributed by atoms with Crippen LogP contribution in [0, 0.1) is 0 Å². The van der Waals surface area contributed by atoms with Crippen molar-refractivity contribution in [2.45, 2.75) is 31.8 Å². The molecule has 0 amide bonds. The smallest absolute Gasteiger partial charge is 0.314 e. The predicted octanol–water partition coefficient (Wildman–Crippen LogP) is 3.78. The summed E-state index contributed by atoms with van der Waals surface area (Å²) in [5.74, 6) is 0.363. The predicted molar refractivity (Wildman–Crippen MR) is 86.9 cm³/mol. The van der Waals surface area contributed by atoms with E-state index in [1.54, 1.807) is 0 Å². The van der Waals surface area contributed by atoms with Crippen molar-refractivity contribution in [2.75, 3.05) is 6.61 Å². The molecule has 3 rings (SSSR count). The molecule has 0 atom stereocenters. The Morgan fingerprint density at radius 3 is 2.43 bits per heavy atom. The van der Waals surface area contributed by atoms with Crippen LogP contribution in [0.1, 0.15) is 30.9 Å². The zero-order valence-corrected chi connectivity index (χ0v) is 13.1. The second-order valence-electron chi connectivity index (χ2n) is 5.73. The van der Waals surface area contributed by atoms with Gasteiger partial charge < -0.3 is 14.6 Å². The highest BCUT2D eigenvalue weighted by Gasteiger charge is 2.53. The Morgan fingerprint density at radius 2 is 1.83 bits per heavy atom. The molecule has 0 heterocycles. The van der Waals surface area contributed by atoms with E-state index in [1.165, 1.54) is 0 Å². The average Bonchev–Trinajstić information content (AvgIpc) is 3.36. The van der Waals surface area contributed by atoms with Crippen molar-refractivity contribution >= 4 is 5.97 Å². The first kappa shape index (κ1) is 15.4. The van der Waals surface area contributed by atoms with E-state index in [1.807, 2.05) is 55.5 Å². The second-order valence-corrected chi connectivity index (χ2v) is 5.73. The van der Waals surface area contributed by atoms with Crippen LogP contribution in [0.25, 0.3) is 0 Å². The van der Waals surface area contributed by atoms with E-state index >= 15 is 0 Å². The monoisotopic (exact) mass is 312 g/mol. The van der Waals surface area contributed by atoms with Gasteiger partial charge in [0.2, 0.25) is 0 Å². The normalized spacial score (nSPS) is 15.0. The molecule has 0 unspecified atom stereocenters. The molecule has 4 heteroatoms. The van der Waals surface area contributed by atoms with Gasteiger partial charge in [0.1, 0.15) is 6.61 Å². The molecule has 1 fully saturated rings. The van der Waals surface area contributed by atoms with Crippen LogP contribution in [0.2, 0.25) is 0 Å². The van der Waals surface area contributed by atoms with Gasteiger partial charge in [-0.1, -0.05) is 42.5 Å². The summed E-state index contributed by atoms with van der Waals surface area (Å²) in [5, 5.41) is 9.59. The number of hydrogen-bond acceptors (Lipinski definition) is 3. The van der Waals surface area contributed by atoms with E-state index in [-0.39, 0.29) is 0 Å². The van der Waals surface area contributed by atoms with Gasteiger partial charge in [-0.05, 0) is 31.4 Å². The fourth-order valence-electron chi connectivity index (χ4n) is 2.76. The molecule has 1 N–H and O–H groups in total. The number of carboxylic acid groups (broad SMARTS) is 1. The second kappa shape index (κ2) is 6.32. The van der Waals surface area contributed by atoms with Gasteiger partial charge in [-0.2, -0.15) is 0 Å². The largest absolute Gasteiger partial charge is 0.490 e. The van der Waals surface area contributed by atoms with Crippen LogP contribution < -0.4 is 9.47 Å². The molecule has 0 saturated heterocycles. The van der Waals surface area contributed by atoms with Gasteiger partial charge >= 0.3 is 5.97 Å². The summed E-state index contributed by atoms with van der Waals surface area (Å²) in [6.07, 6.45) is 1.28. The number of benzene rings is 2. The molecule has 2 aromatic carbocycles. The molecule has 1 aliphatic rings. The highest BCUT2D eigenvalue weighted by atomic mass is 16.5. The third-order valence-electron chi connectivity index (χ3n) is 4.18. The number of ether oxygens (including phenoxy) is 2. The maximum Gasteiger partial charge on any atom is 0.314 e. The summed E-state index contributed by atoms with van der Waals surface area (Å²) < 4.78 is 11.6. The van der Waals surface area contributed by atoms with Crippen LogP contribution >= 0.6 is 0 Å². The van der Waals surface area contributed by atoms with E-state index in [0.717, 1.165) is 5.56 Å². The van der Waals surface area contributed by atoms with Crippen molar-refractivity contribution in [3.63, 3.8) is 0 Å². The standard InChI is InChI=1S/C19H20O4/c1-2-22-16-10-6-9-15(19(11-12-19)18(20)21)17(16)23-13-14-7-4-3-5-8-14/h3-10H,2,11-13H2,1H3,(H,20,21). The summed E-state index contributed by atoms with van der Waals surface area (Å²) in [6.45, 7) is 2.79. The van der Waals surface area contributed by atoms with E-state index in [0.29, 0.717) is 43.1 Å². The van der Waals surface area contributed by atoms with Crippen molar-refractivity contribution < 1.29 is 19.4 Å². The lowest BCUT2D eigenvalue weighted by atomic mass is 9.94. The first-order chi connectivity index (χ1) is 11.2. The van der Waals surface area contributed by atoms with E-state index in [2.05, 4.69) is 0 Å². The molecule has 0 spiro atoms. The van der Waals surface area contributed by atoms with Crippen molar-refractivity contribution in [2.24, 2.45) is 0 Å². The maximum absolute atomic E-state index is 11.7. The Kier molecular flexibility index (Phi) is 4.24. The summed E-state index contributed by atoms with van der Waals surface area (Å²) in [4.78, 5) is 11.7. The Hall–Kier alpha value is -2.49. The fourth-order valence-corrected chi connectivity index (χ4v) is 2.76. The zero-order chi connectivity index (χ0) is 16.3. The lowest BCUT2D eigenvalue weighted by Crippen LogP contribution is -2.21. The van der Waals surface area contributed by atoms with Crippen LogP contribution in [0.4, 0.5) is 0 Å². The van der Waals surface area contributed by atoms with Crippen LogP contribution in [0.5, 0.6) is 11.5 Å². The van der Waals surface area contributed by atoms with Gasteiger partial charge in [-0.3, -0.25) is 4.79 Å². The molecule has 4 nitrogen and oxygen atoms in total. The van der Waals surface area contributed by atoms with E-state index in [9.17, 15) is 9.90 Å². The number of aliphatic carboxylic acids is 1. The Morgan fingerprint density at radius 1 is 1.09 bits per heavy atom. The summed E-state index contributed by atoms with van der Waals surface area (Å²) in [6, 6.07) is 15.3. The molecule has 0 bridgehead atoms. The Bertz CT molecular complexity index is 690. The summed E-state index contributed by atoms with van der Waals surface area (Å²) >= 11 is 0. The topological polar surface area (TPSA) is 55.8 Å². The quantitative estimate of drug-likeness (QED) is 0.845. The zero-order valence-electron chi connectivity index (χ0n) is 13.1. The van der Waals surface area contributed by atoms with Gasteiger partial charge in [-0.25, -0.2) is 0 Å². The molecule has 1 saturated carbocycles. The number of para-hydroxylation sites is 1. The first-order valence-electron chi connectivity index (χ1n) is 7.84. The first-order valence-corrected chi connectivity index (χ1v) is 7.84. The van der Waals surface area contributed by atoms with Gasteiger partial charge in [0, 0.05) is 5.56 Å². The Balaban J connectivity index is 1.94. The number of hydrogen-bond donors (Lipinski definition) is 1. The minimum Gasteiger partial charge on any atom is -0.490 e. The number of carboxylic acids is 1. The molecule has 1 aliphatic carbocycles. The average molecular weight is 312 g/mol. The molecule has 23 heavy (non-hydrogen) atoms. The summed E-state index contributed by atoms with van der Waals surface area (Å²) in [7, 11) is 0. The van der Waals surface area contributed by atoms with Crippen molar-refractivity contribution in [1.82, 2.24) is 0 Å². The van der Waals surface area contributed by atoms with Crippen LogP contribution in [0.3, 0.4) is 0 Å². The fraction of sp³-hybridized carbons (Fsp3) is 0.316. The highest BCUT2D eigenvalue weighted by Crippen LogP contribution is 2.53. The van der Waals surface area contributed by atoms with Gasteiger partial charge in [0.25, 0.3) is 0 Å². The molecule has 2 aromatic rings. The lowest BCUT2D eigenvalue weighted by molar-refractivity contribution is -0.140. The third kappa shape index (κ3) is 3.02. The molecule has 0 aromatic heterocycles. The minimum atomic E-state index is -0.820. The van der Waals surface area contributed by atoms with E-state index < -0.39 is 11.4 Å². The highest BCUT2D eigenvalue weighted by molar-refractivity contribution is 5.86. The van der Waals surface area contributed by atoms with Gasteiger partial charge in [0.05, 0.1) is 12.0 Å². The van der Waals surface area contributed by atoms with Crippen molar-refractivity contribution in [3.05, 3.63) is 59.7 Å². The van der Waals surface area contributed by atoms with Gasteiger partial charge in [-0.15, -0.1) is 0 Å². The maximum atomic E-state index is 11.7. The van der Waals surface area contributed by atoms with Crippen molar-refractivity contribution in [1.29, 1.82) is 0 Å². The van der Waals surface area contributed by atoms with Crippen molar-refractivity contribution in [3.8, 4) is 11.5 Å². The number of rotatable bonds is 7. The molecular weight excluding hydrogens is 292 g/mol. The molecule has 0 radical (unpaired) electrons. The van der Waals surface area contributed by atoms with Gasteiger partial charge in [0.15, 0.2) is 11.5 Å². The minimum absolute atomic E-state index is 0.383. The summed E-state index contributed by atoms with van der Waals surface area (Å²) in [5.41, 5.74) is 0.927. The lowest BCUT2D eigenvalue weighted by Gasteiger charge is -2.19. The third-order valence-corrected chi connectivity index (χ3v) is 4.18. The molecule has 120 valence electrons. The molecular formula is C19H20O4. The Labute approximate surface area is 135 Å². The SMILES string of the molecule is CCOc1cccc(C2(C(=O)O)CC2)c1OCc1ccccc1. The van der Waals surface area contributed by atoms with Crippen LogP contribution in [-0.4, -0.2) is 17.7 Å². The van der Waals surface area contributed by atoms with Crippen LogP contribution in [0.15, 0.2) is 48.5 Å².